The van der Waals surface area contributed by atoms with E-state index in [0.717, 1.165) is 12.0 Å². The van der Waals surface area contributed by atoms with Crippen molar-refractivity contribution in [3.05, 3.63) is 77.0 Å². The zero-order valence-corrected chi connectivity index (χ0v) is 15.2. The fourth-order valence-corrected chi connectivity index (χ4v) is 2.45. The molecule has 0 radical (unpaired) electrons. The van der Waals surface area contributed by atoms with E-state index in [4.69, 9.17) is 5.11 Å². The summed E-state index contributed by atoms with van der Waals surface area (Å²) in [6, 6.07) is 15.6. The predicted molar refractivity (Wildman–Crippen MR) is 103 cm³/mol. The lowest BCUT2D eigenvalue weighted by Gasteiger charge is -2.14. The Labute approximate surface area is 158 Å². The van der Waals surface area contributed by atoms with Crippen molar-refractivity contribution in [3.63, 3.8) is 0 Å². The molecule has 2 aromatic rings. The smallest absolute Gasteiger partial charge is 0.335 e. The number of carbonyl (C=O) groups is 2. The maximum atomic E-state index is 12.3. The van der Waals surface area contributed by atoms with Crippen molar-refractivity contribution in [2.45, 2.75) is 26.3 Å². The third kappa shape index (κ3) is 5.44. The number of carbonyl (C=O) groups excluding carboxylic acids is 1. The van der Waals surface area contributed by atoms with Crippen LogP contribution in [0, 0.1) is 11.3 Å². The lowest BCUT2D eigenvalue weighted by atomic mass is 10.0. The monoisotopic (exact) mass is 363 g/mol. The molecule has 1 atom stereocenters. The van der Waals surface area contributed by atoms with Crippen molar-refractivity contribution in [1.82, 2.24) is 5.32 Å². The number of anilines is 1. The number of carboxylic acids is 1. The van der Waals surface area contributed by atoms with Crippen LogP contribution in [0.3, 0.4) is 0 Å². The van der Waals surface area contributed by atoms with Crippen LogP contribution >= 0.6 is 0 Å². The number of rotatable bonds is 7. The van der Waals surface area contributed by atoms with E-state index in [-0.39, 0.29) is 17.2 Å². The Morgan fingerprint density at radius 2 is 1.93 bits per heavy atom. The number of hydrogen-bond donors (Lipinski definition) is 3. The van der Waals surface area contributed by atoms with Crippen molar-refractivity contribution in [1.29, 1.82) is 5.26 Å². The Morgan fingerprint density at radius 1 is 1.22 bits per heavy atom. The first kappa shape index (κ1) is 19.7. The molecule has 138 valence electrons. The second kappa shape index (κ2) is 9.20. The van der Waals surface area contributed by atoms with Gasteiger partial charge in [0.25, 0.3) is 5.91 Å². The molecule has 0 bridgehead atoms. The molecular weight excluding hydrogens is 342 g/mol. The van der Waals surface area contributed by atoms with Gasteiger partial charge in [0.1, 0.15) is 11.6 Å². The molecule has 0 aliphatic heterocycles. The third-order valence-electron chi connectivity index (χ3n) is 4.09. The van der Waals surface area contributed by atoms with E-state index in [9.17, 15) is 14.9 Å². The van der Waals surface area contributed by atoms with E-state index in [1.165, 1.54) is 23.9 Å². The highest BCUT2D eigenvalue weighted by molar-refractivity contribution is 5.97. The summed E-state index contributed by atoms with van der Waals surface area (Å²) in [5.74, 6) is -1.56. The van der Waals surface area contributed by atoms with Crippen LogP contribution in [0.5, 0.6) is 0 Å². The number of nitriles is 1. The van der Waals surface area contributed by atoms with E-state index in [0.29, 0.717) is 5.69 Å². The fourth-order valence-electron chi connectivity index (χ4n) is 2.45. The lowest BCUT2D eigenvalue weighted by molar-refractivity contribution is -0.117. The van der Waals surface area contributed by atoms with Gasteiger partial charge >= 0.3 is 5.97 Å². The van der Waals surface area contributed by atoms with Gasteiger partial charge in [-0.3, -0.25) is 4.79 Å². The summed E-state index contributed by atoms with van der Waals surface area (Å²) in [6.07, 6.45) is 2.21. The van der Waals surface area contributed by atoms with Crippen molar-refractivity contribution in [2.75, 3.05) is 5.32 Å². The highest BCUT2D eigenvalue weighted by atomic mass is 16.4. The Hall–Kier alpha value is -3.59. The number of aryl methyl sites for hydroxylation is 1. The minimum atomic E-state index is -1.05. The van der Waals surface area contributed by atoms with Gasteiger partial charge in [0.15, 0.2) is 0 Å². The molecule has 6 nitrogen and oxygen atoms in total. The standard InChI is InChI=1S/C21H21N3O3/c1-3-15-7-9-16(10-8-15)14(2)24-20(25)18(12-22)13-23-19-6-4-5-17(11-19)21(26)27/h4-11,13-14,23H,3H2,1-2H3,(H,24,25)(H,26,27)/b18-13-. The summed E-state index contributed by atoms with van der Waals surface area (Å²) in [4.78, 5) is 23.3. The molecule has 2 rings (SSSR count). The molecule has 0 aromatic heterocycles. The largest absolute Gasteiger partial charge is 0.478 e. The third-order valence-corrected chi connectivity index (χ3v) is 4.09. The number of amides is 1. The van der Waals surface area contributed by atoms with Crippen molar-refractivity contribution in [2.24, 2.45) is 0 Å². The molecule has 0 aliphatic rings. The zero-order chi connectivity index (χ0) is 19.8. The van der Waals surface area contributed by atoms with Crippen LogP contribution < -0.4 is 10.6 Å². The highest BCUT2D eigenvalue weighted by Gasteiger charge is 2.14. The SMILES string of the molecule is CCc1ccc(C(C)NC(=O)/C(C#N)=C\Nc2cccc(C(=O)O)c2)cc1. The zero-order valence-electron chi connectivity index (χ0n) is 15.2. The number of nitrogens with one attached hydrogen (secondary N) is 2. The maximum Gasteiger partial charge on any atom is 0.335 e. The summed E-state index contributed by atoms with van der Waals surface area (Å²) in [6.45, 7) is 3.92. The number of carboxylic acid groups (broad SMARTS) is 1. The molecule has 1 unspecified atom stereocenters. The van der Waals surface area contributed by atoms with Crippen molar-refractivity contribution < 1.29 is 14.7 Å². The first-order chi connectivity index (χ1) is 12.9. The first-order valence-electron chi connectivity index (χ1n) is 8.54. The van der Waals surface area contributed by atoms with Crippen LogP contribution in [0.15, 0.2) is 60.3 Å². The minimum absolute atomic E-state index is 0.104. The molecule has 0 aliphatic carbocycles. The Bertz CT molecular complexity index is 896. The van der Waals surface area contributed by atoms with Gasteiger partial charge < -0.3 is 15.7 Å². The van der Waals surface area contributed by atoms with Crippen LogP contribution in [-0.2, 0) is 11.2 Å². The number of benzene rings is 2. The van der Waals surface area contributed by atoms with Crippen molar-refractivity contribution in [3.8, 4) is 6.07 Å². The molecule has 0 heterocycles. The van der Waals surface area contributed by atoms with Crippen molar-refractivity contribution >= 4 is 17.6 Å². The Morgan fingerprint density at radius 3 is 2.52 bits per heavy atom. The predicted octanol–water partition coefficient (Wildman–Crippen LogP) is 3.64. The average Bonchev–Trinajstić information content (AvgIpc) is 2.68. The number of hydrogen-bond acceptors (Lipinski definition) is 4. The minimum Gasteiger partial charge on any atom is -0.478 e. The van der Waals surface area contributed by atoms with Gasteiger partial charge in [0.05, 0.1) is 11.6 Å². The molecule has 0 spiro atoms. The Kier molecular flexibility index (Phi) is 6.73. The summed E-state index contributed by atoms with van der Waals surface area (Å²) < 4.78 is 0. The normalized spacial score (nSPS) is 12.0. The summed E-state index contributed by atoms with van der Waals surface area (Å²) >= 11 is 0. The van der Waals surface area contributed by atoms with Gasteiger partial charge in [-0.05, 0) is 42.7 Å². The van der Waals surface area contributed by atoms with Gasteiger partial charge in [-0.25, -0.2) is 4.79 Å². The molecular formula is C21H21N3O3. The molecule has 0 saturated carbocycles. The van der Waals surface area contributed by atoms with Crippen LogP contribution in [0.4, 0.5) is 5.69 Å². The summed E-state index contributed by atoms with van der Waals surface area (Å²) in [7, 11) is 0. The quantitative estimate of drug-likeness (QED) is 0.515. The molecule has 1 amide bonds. The van der Waals surface area contributed by atoms with E-state index in [2.05, 4.69) is 17.6 Å². The van der Waals surface area contributed by atoms with E-state index in [1.807, 2.05) is 37.3 Å². The van der Waals surface area contributed by atoms with Gasteiger partial charge in [-0.1, -0.05) is 37.3 Å². The van der Waals surface area contributed by atoms with Crippen LogP contribution in [0.2, 0.25) is 0 Å². The molecule has 0 fully saturated rings. The maximum absolute atomic E-state index is 12.3. The number of aromatic carboxylic acids is 1. The highest BCUT2D eigenvalue weighted by Crippen LogP contribution is 2.15. The van der Waals surface area contributed by atoms with Crippen LogP contribution in [-0.4, -0.2) is 17.0 Å². The molecule has 6 heteroatoms. The molecule has 27 heavy (non-hydrogen) atoms. The topological polar surface area (TPSA) is 102 Å². The second-order valence-electron chi connectivity index (χ2n) is 5.99. The van der Waals surface area contributed by atoms with E-state index < -0.39 is 11.9 Å². The number of nitrogens with zero attached hydrogens (tertiary/aromatic N) is 1. The van der Waals surface area contributed by atoms with Gasteiger partial charge in [-0.2, -0.15) is 5.26 Å². The summed E-state index contributed by atoms with van der Waals surface area (Å²) in [5, 5.41) is 23.8. The van der Waals surface area contributed by atoms with E-state index in [1.54, 1.807) is 12.1 Å². The van der Waals surface area contributed by atoms with Gasteiger partial charge in [0, 0.05) is 11.9 Å². The Balaban J connectivity index is 2.06. The van der Waals surface area contributed by atoms with Gasteiger partial charge in [-0.15, -0.1) is 0 Å². The lowest BCUT2D eigenvalue weighted by Crippen LogP contribution is -2.28. The molecule has 2 aromatic carbocycles. The molecule has 0 saturated heterocycles. The second-order valence-corrected chi connectivity index (χ2v) is 5.99. The van der Waals surface area contributed by atoms with Gasteiger partial charge in [0.2, 0.25) is 0 Å². The summed E-state index contributed by atoms with van der Waals surface area (Å²) in [5.41, 5.74) is 2.63. The average molecular weight is 363 g/mol. The fraction of sp³-hybridized carbons (Fsp3) is 0.190. The first-order valence-corrected chi connectivity index (χ1v) is 8.54. The van der Waals surface area contributed by atoms with Crippen LogP contribution in [0.1, 0.15) is 41.4 Å². The van der Waals surface area contributed by atoms with Crippen LogP contribution in [0.25, 0.3) is 0 Å². The van der Waals surface area contributed by atoms with E-state index >= 15 is 0 Å². The molecule has 3 N–H and O–H groups in total.